The molecule has 1 saturated carbocycles. The van der Waals surface area contributed by atoms with Gasteiger partial charge in [-0.05, 0) is 18.8 Å². The van der Waals surface area contributed by atoms with Crippen LogP contribution in [0.5, 0.6) is 5.75 Å². The SMILES string of the molecule is Clc1cc(OC[C@@H]2C[C@H]3C[C@H]3N2)cnc1Cl. The molecule has 2 fully saturated rings. The van der Waals surface area contributed by atoms with Crippen molar-refractivity contribution >= 4 is 23.2 Å². The second-order valence-corrected chi connectivity index (χ2v) is 5.22. The number of hydrogen-bond acceptors (Lipinski definition) is 3. The summed E-state index contributed by atoms with van der Waals surface area (Å²) in [7, 11) is 0. The molecule has 0 radical (unpaired) electrons. The number of piperidine rings is 1. The molecule has 1 aliphatic heterocycles. The van der Waals surface area contributed by atoms with Gasteiger partial charge in [0.2, 0.25) is 0 Å². The number of halogens is 2. The van der Waals surface area contributed by atoms with Gasteiger partial charge in [0.1, 0.15) is 17.5 Å². The fraction of sp³-hybridized carbons (Fsp3) is 0.545. The van der Waals surface area contributed by atoms with Crippen molar-refractivity contribution in [2.75, 3.05) is 6.61 Å². The van der Waals surface area contributed by atoms with Crippen LogP contribution in [0, 0.1) is 5.92 Å². The number of hydrogen-bond donors (Lipinski definition) is 1. The number of fused-ring (bicyclic) bond motifs is 1. The van der Waals surface area contributed by atoms with E-state index >= 15 is 0 Å². The molecule has 1 N–H and O–H groups in total. The van der Waals surface area contributed by atoms with Gasteiger partial charge in [-0.1, -0.05) is 23.2 Å². The molecule has 0 unspecified atom stereocenters. The zero-order valence-corrected chi connectivity index (χ0v) is 10.1. The Labute approximate surface area is 104 Å². The molecule has 1 aromatic heterocycles. The van der Waals surface area contributed by atoms with Gasteiger partial charge in [-0.15, -0.1) is 0 Å². The van der Waals surface area contributed by atoms with Crippen molar-refractivity contribution in [3.63, 3.8) is 0 Å². The van der Waals surface area contributed by atoms with E-state index in [0.717, 1.165) is 12.0 Å². The zero-order chi connectivity index (χ0) is 11.1. The van der Waals surface area contributed by atoms with Gasteiger partial charge in [0.25, 0.3) is 0 Å². The average Bonchev–Trinajstić information content (AvgIpc) is 2.88. The zero-order valence-electron chi connectivity index (χ0n) is 8.62. The number of rotatable bonds is 3. The molecule has 1 aliphatic carbocycles. The fourth-order valence-electron chi connectivity index (χ4n) is 2.24. The highest BCUT2D eigenvalue weighted by Gasteiger charge is 2.45. The molecule has 0 amide bonds. The Hall–Kier alpha value is -0.510. The van der Waals surface area contributed by atoms with E-state index < -0.39 is 0 Å². The highest BCUT2D eigenvalue weighted by atomic mass is 35.5. The summed E-state index contributed by atoms with van der Waals surface area (Å²) in [5, 5.41) is 4.27. The Kier molecular flexibility index (Phi) is 2.70. The van der Waals surface area contributed by atoms with Crippen molar-refractivity contribution in [2.24, 2.45) is 5.92 Å². The Morgan fingerprint density at radius 1 is 1.44 bits per heavy atom. The molecule has 2 heterocycles. The normalized spacial score (nSPS) is 31.2. The van der Waals surface area contributed by atoms with E-state index in [2.05, 4.69) is 10.3 Å². The lowest BCUT2D eigenvalue weighted by atomic mass is 10.2. The molecule has 3 atom stereocenters. The van der Waals surface area contributed by atoms with Crippen LogP contribution in [0.15, 0.2) is 12.3 Å². The van der Waals surface area contributed by atoms with Crippen LogP contribution < -0.4 is 10.1 Å². The van der Waals surface area contributed by atoms with Gasteiger partial charge in [0.15, 0.2) is 0 Å². The minimum Gasteiger partial charge on any atom is -0.490 e. The van der Waals surface area contributed by atoms with E-state index in [4.69, 9.17) is 27.9 Å². The Bertz CT molecular complexity index is 403. The van der Waals surface area contributed by atoms with Gasteiger partial charge in [0, 0.05) is 18.2 Å². The van der Waals surface area contributed by atoms with E-state index in [1.807, 2.05) is 0 Å². The number of nitrogens with one attached hydrogen (secondary N) is 1. The lowest BCUT2D eigenvalue weighted by Crippen LogP contribution is -2.31. The lowest BCUT2D eigenvalue weighted by molar-refractivity contribution is 0.267. The van der Waals surface area contributed by atoms with Gasteiger partial charge < -0.3 is 10.1 Å². The van der Waals surface area contributed by atoms with Crippen LogP contribution in [-0.4, -0.2) is 23.7 Å². The first-order valence-electron chi connectivity index (χ1n) is 5.42. The quantitative estimate of drug-likeness (QED) is 0.847. The first-order chi connectivity index (χ1) is 7.72. The molecule has 3 rings (SSSR count). The highest BCUT2D eigenvalue weighted by molar-refractivity contribution is 6.41. The van der Waals surface area contributed by atoms with E-state index in [1.165, 1.54) is 12.8 Å². The largest absolute Gasteiger partial charge is 0.490 e. The minimum absolute atomic E-state index is 0.314. The predicted octanol–water partition coefficient (Wildman–Crippen LogP) is 2.52. The minimum atomic E-state index is 0.314. The predicted molar refractivity (Wildman–Crippen MR) is 63.2 cm³/mol. The molecular weight excluding hydrogens is 247 g/mol. The summed E-state index contributed by atoms with van der Waals surface area (Å²) in [5.41, 5.74) is 0. The maximum Gasteiger partial charge on any atom is 0.147 e. The van der Waals surface area contributed by atoms with Crippen LogP contribution >= 0.6 is 23.2 Å². The lowest BCUT2D eigenvalue weighted by Gasteiger charge is -2.14. The topological polar surface area (TPSA) is 34.1 Å². The molecule has 3 nitrogen and oxygen atoms in total. The summed E-state index contributed by atoms with van der Waals surface area (Å²) in [6.07, 6.45) is 4.16. The second kappa shape index (κ2) is 4.06. The van der Waals surface area contributed by atoms with E-state index in [1.54, 1.807) is 12.3 Å². The van der Waals surface area contributed by atoms with Crippen molar-refractivity contribution in [1.82, 2.24) is 10.3 Å². The molecule has 0 spiro atoms. The van der Waals surface area contributed by atoms with Gasteiger partial charge >= 0.3 is 0 Å². The van der Waals surface area contributed by atoms with Crippen molar-refractivity contribution in [1.29, 1.82) is 0 Å². The molecule has 1 aromatic rings. The maximum absolute atomic E-state index is 5.85. The van der Waals surface area contributed by atoms with Gasteiger partial charge in [-0.2, -0.15) is 0 Å². The van der Waals surface area contributed by atoms with Gasteiger partial charge in [-0.3, -0.25) is 0 Å². The van der Waals surface area contributed by atoms with Crippen molar-refractivity contribution in [3.8, 4) is 5.75 Å². The first-order valence-corrected chi connectivity index (χ1v) is 6.18. The highest BCUT2D eigenvalue weighted by Crippen LogP contribution is 2.40. The second-order valence-electron chi connectivity index (χ2n) is 4.46. The summed E-state index contributed by atoms with van der Waals surface area (Å²) < 4.78 is 5.63. The summed E-state index contributed by atoms with van der Waals surface area (Å²) >= 11 is 11.6. The monoisotopic (exact) mass is 258 g/mol. The summed E-state index contributed by atoms with van der Waals surface area (Å²) in [6.45, 7) is 0.673. The Morgan fingerprint density at radius 3 is 3.00 bits per heavy atom. The molecule has 0 aromatic carbocycles. The van der Waals surface area contributed by atoms with Crippen LogP contribution in [0.25, 0.3) is 0 Å². The number of pyridine rings is 1. The Balaban J connectivity index is 1.55. The van der Waals surface area contributed by atoms with Crippen LogP contribution in [0.1, 0.15) is 12.8 Å². The van der Waals surface area contributed by atoms with E-state index in [-0.39, 0.29) is 0 Å². The van der Waals surface area contributed by atoms with Gasteiger partial charge in [-0.25, -0.2) is 4.98 Å². The van der Waals surface area contributed by atoms with Gasteiger partial charge in [0.05, 0.1) is 11.2 Å². The smallest absolute Gasteiger partial charge is 0.147 e. The maximum atomic E-state index is 5.85. The fourth-order valence-corrected chi connectivity index (χ4v) is 2.50. The third-order valence-corrected chi connectivity index (χ3v) is 3.87. The number of aromatic nitrogens is 1. The number of nitrogens with zero attached hydrogens (tertiary/aromatic N) is 1. The standard InChI is InChI=1S/C11H12Cl2N2O/c12-9-3-8(4-14-11(9)13)16-5-7-1-6-2-10(6)15-7/h3-4,6-7,10,15H,1-2,5H2/t6-,7-,10+/m0/s1. The third-order valence-electron chi connectivity index (χ3n) is 3.18. The van der Waals surface area contributed by atoms with Crippen molar-refractivity contribution in [3.05, 3.63) is 22.4 Å². The first kappa shape index (κ1) is 10.6. The molecule has 0 bridgehead atoms. The molecule has 16 heavy (non-hydrogen) atoms. The Morgan fingerprint density at radius 2 is 2.31 bits per heavy atom. The van der Waals surface area contributed by atoms with E-state index in [9.17, 15) is 0 Å². The van der Waals surface area contributed by atoms with Crippen LogP contribution in [0.3, 0.4) is 0 Å². The molecule has 1 saturated heterocycles. The molecule has 2 aliphatic rings. The summed E-state index contributed by atoms with van der Waals surface area (Å²) in [5.74, 6) is 1.57. The average molecular weight is 259 g/mol. The van der Waals surface area contributed by atoms with Crippen LogP contribution in [-0.2, 0) is 0 Å². The van der Waals surface area contributed by atoms with Crippen molar-refractivity contribution < 1.29 is 4.74 Å². The summed E-state index contributed by atoms with van der Waals surface area (Å²) in [6, 6.07) is 2.92. The van der Waals surface area contributed by atoms with E-state index in [0.29, 0.717) is 28.6 Å². The summed E-state index contributed by atoms with van der Waals surface area (Å²) in [4.78, 5) is 3.94. The molecule has 86 valence electrons. The number of ether oxygens (including phenoxy) is 1. The van der Waals surface area contributed by atoms with Crippen LogP contribution in [0.2, 0.25) is 10.2 Å². The van der Waals surface area contributed by atoms with Crippen molar-refractivity contribution in [2.45, 2.75) is 24.9 Å². The molecule has 5 heteroatoms. The third kappa shape index (κ3) is 2.12. The molecular formula is C11H12Cl2N2O. The van der Waals surface area contributed by atoms with Crippen LogP contribution in [0.4, 0.5) is 0 Å².